The zero-order valence-corrected chi connectivity index (χ0v) is 17.8. The molecule has 0 fully saturated rings. The Labute approximate surface area is 182 Å². The van der Waals surface area contributed by atoms with E-state index in [-0.39, 0.29) is 11.6 Å². The molecule has 0 radical (unpaired) electrons. The summed E-state index contributed by atoms with van der Waals surface area (Å²) in [6.07, 6.45) is 3.42. The Balaban J connectivity index is 1.53. The van der Waals surface area contributed by atoms with Gasteiger partial charge in [0.15, 0.2) is 0 Å². The Morgan fingerprint density at radius 1 is 1.00 bits per heavy atom. The van der Waals surface area contributed by atoms with Crippen LogP contribution in [0.2, 0.25) is 0 Å². The Morgan fingerprint density at radius 3 is 2.44 bits per heavy atom. The molecule has 0 aliphatic rings. The maximum absolute atomic E-state index is 13.8. The van der Waals surface area contributed by atoms with Gasteiger partial charge in [0.05, 0.1) is 0 Å². The average Bonchev–Trinajstić information content (AvgIpc) is 3.16. The molecule has 0 saturated carbocycles. The van der Waals surface area contributed by atoms with Crippen LogP contribution in [0.25, 0.3) is 5.82 Å². The minimum Gasteiger partial charge on any atom is -0.439 e. The third-order valence-electron chi connectivity index (χ3n) is 4.39. The Bertz CT molecular complexity index is 1390. The van der Waals surface area contributed by atoms with Gasteiger partial charge < -0.3 is 4.74 Å². The van der Waals surface area contributed by atoms with Crippen LogP contribution in [0.5, 0.6) is 11.6 Å². The van der Waals surface area contributed by atoms with Crippen LogP contribution in [0.15, 0.2) is 65.8 Å². The smallest absolute Gasteiger partial charge is 0.264 e. The minimum absolute atomic E-state index is 0.148. The molecule has 4 aromatic rings. The number of nitrogens with zero attached hydrogens (tertiary/aromatic N) is 4. The normalized spacial score (nSPS) is 11.4. The van der Waals surface area contributed by atoms with Crippen LogP contribution in [0.1, 0.15) is 11.6 Å². The third kappa shape index (κ3) is 4.57. The van der Waals surface area contributed by atoms with Crippen molar-refractivity contribution < 1.29 is 21.9 Å². The van der Waals surface area contributed by atoms with E-state index in [0.717, 1.165) is 18.0 Å². The summed E-state index contributed by atoms with van der Waals surface area (Å²) in [5.41, 5.74) is 0.148. The molecule has 8 nitrogen and oxygen atoms in total. The van der Waals surface area contributed by atoms with Crippen molar-refractivity contribution in [3.8, 4) is 17.4 Å². The van der Waals surface area contributed by atoms with Crippen LogP contribution in [-0.2, 0) is 10.0 Å². The lowest BCUT2D eigenvalue weighted by Crippen LogP contribution is -2.14. The van der Waals surface area contributed by atoms with Crippen LogP contribution in [0.3, 0.4) is 0 Å². The van der Waals surface area contributed by atoms with Gasteiger partial charge >= 0.3 is 0 Å². The zero-order chi connectivity index (χ0) is 22.9. The van der Waals surface area contributed by atoms with E-state index in [9.17, 15) is 17.2 Å². The highest BCUT2D eigenvalue weighted by atomic mass is 32.2. The van der Waals surface area contributed by atoms with Crippen molar-refractivity contribution >= 4 is 15.7 Å². The molecule has 4 rings (SSSR count). The maximum atomic E-state index is 13.8. The molecule has 0 aliphatic carbocycles. The monoisotopic (exact) mass is 457 g/mol. The summed E-state index contributed by atoms with van der Waals surface area (Å²) in [6.45, 7) is 3.57. The fraction of sp³-hybridized carbons (Fsp3) is 0.0952. The summed E-state index contributed by atoms with van der Waals surface area (Å²) in [5.74, 6) is 0.589. The van der Waals surface area contributed by atoms with Gasteiger partial charge in [-0.3, -0.25) is 9.29 Å². The molecule has 0 unspecified atom stereocenters. The number of ether oxygens (including phenoxy) is 1. The van der Waals surface area contributed by atoms with E-state index in [2.05, 4.69) is 19.7 Å². The van der Waals surface area contributed by atoms with Gasteiger partial charge in [0.1, 0.15) is 39.7 Å². The lowest BCUT2D eigenvalue weighted by Gasteiger charge is -2.11. The first-order valence-electron chi connectivity index (χ1n) is 9.33. The van der Waals surface area contributed by atoms with E-state index in [1.165, 1.54) is 24.3 Å². The SMILES string of the molecule is Cc1nc(Oc2ccc(NS(=O)(=O)c3cc(F)ccc3F)cc2)cc(-n2ccnc2C)n1. The van der Waals surface area contributed by atoms with Crippen molar-refractivity contribution in [1.29, 1.82) is 0 Å². The molecule has 0 saturated heterocycles. The standard InChI is InChI=1S/C21H17F2N5O3S/c1-13-25-20(28-10-9-24-14(28)2)12-21(26-13)31-17-6-4-16(5-7-17)27-32(29,30)19-11-15(22)3-8-18(19)23/h3-12,27H,1-2H3. The molecular formula is C21H17F2N5O3S. The predicted octanol–water partition coefficient (Wildman–Crippen LogP) is 4.15. The van der Waals surface area contributed by atoms with E-state index >= 15 is 0 Å². The van der Waals surface area contributed by atoms with Gasteiger partial charge in [-0.25, -0.2) is 27.2 Å². The number of rotatable bonds is 6. The molecule has 0 amide bonds. The average molecular weight is 457 g/mol. The van der Waals surface area contributed by atoms with Crippen LogP contribution in [0.4, 0.5) is 14.5 Å². The number of nitrogens with one attached hydrogen (secondary N) is 1. The minimum atomic E-state index is -4.31. The number of benzene rings is 2. The lowest BCUT2D eigenvalue weighted by atomic mass is 10.3. The number of aromatic nitrogens is 4. The molecule has 164 valence electrons. The van der Waals surface area contributed by atoms with Crippen LogP contribution < -0.4 is 9.46 Å². The first-order valence-corrected chi connectivity index (χ1v) is 10.8. The van der Waals surface area contributed by atoms with Gasteiger partial charge in [-0.2, -0.15) is 4.98 Å². The van der Waals surface area contributed by atoms with E-state index in [4.69, 9.17) is 4.74 Å². The summed E-state index contributed by atoms with van der Waals surface area (Å²) >= 11 is 0. The summed E-state index contributed by atoms with van der Waals surface area (Å²) < 4.78 is 61.7. The molecule has 0 bridgehead atoms. The van der Waals surface area contributed by atoms with Crippen molar-refractivity contribution in [2.45, 2.75) is 18.7 Å². The predicted molar refractivity (Wildman–Crippen MR) is 112 cm³/mol. The zero-order valence-electron chi connectivity index (χ0n) is 17.0. The summed E-state index contributed by atoms with van der Waals surface area (Å²) in [5, 5.41) is 0. The quantitative estimate of drug-likeness (QED) is 0.467. The van der Waals surface area contributed by atoms with Crippen LogP contribution in [0, 0.1) is 25.5 Å². The number of hydrogen-bond acceptors (Lipinski definition) is 6. The molecule has 0 atom stereocenters. The number of aryl methyl sites for hydroxylation is 2. The highest BCUT2D eigenvalue weighted by molar-refractivity contribution is 7.92. The maximum Gasteiger partial charge on any atom is 0.264 e. The van der Waals surface area contributed by atoms with Gasteiger partial charge in [0.2, 0.25) is 5.88 Å². The van der Waals surface area contributed by atoms with Crippen LogP contribution >= 0.6 is 0 Å². The van der Waals surface area contributed by atoms with E-state index < -0.39 is 26.6 Å². The summed E-state index contributed by atoms with van der Waals surface area (Å²) in [7, 11) is -4.31. The number of imidazole rings is 1. The summed E-state index contributed by atoms with van der Waals surface area (Å²) in [6, 6.07) is 9.74. The molecule has 2 aromatic carbocycles. The second-order valence-corrected chi connectivity index (χ2v) is 8.41. The van der Waals surface area contributed by atoms with Crippen molar-refractivity contribution in [1.82, 2.24) is 19.5 Å². The second kappa shape index (κ2) is 8.35. The van der Waals surface area contributed by atoms with Crippen molar-refractivity contribution in [3.63, 3.8) is 0 Å². The van der Waals surface area contributed by atoms with Gasteiger partial charge in [0, 0.05) is 24.1 Å². The number of halogens is 2. The molecule has 1 N–H and O–H groups in total. The van der Waals surface area contributed by atoms with Crippen molar-refractivity contribution in [2.24, 2.45) is 0 Å². The van der Waals surface area contributed by atoms with Gasteiger partial charge in [-0.05, 0) is 56.3 Å². The first-order chi connectivity index (χ1) is 15.2. The Hall–Kier alpha value is -3.86. The van der Waals surface area contributed by atoms with E-state index in [0.29, 0.717) is 23.5 Å². The molecule has 11 heteroatoms. The molecule has 0 spiro atoms. The number of anilines is 1. The van der Waals surface area contributed by atoms with Crippen LogP contribution in [-0.4, -0.2) is 27.9 Å². The highest BCUT2D eigenvalue weighted by Crippen LogP contribution is 2.25. The lowest BCUT2D eigenvalue weighted by molar-refractivity contribution is 0.459. The molecule has 0 aliphatic heterocycles. The van der Waals surface area contributed by atoms with E-state index in [1.54, 1.807) is 30.0 Å². The van der Waals surface area contributed by atoms with Crippen molar-refractivity contribution in [3.05, 3.63) is 84.2 Å². The van der Waals surface area contributed by atoms with E-state index in [1.807, 2.05) is 6.92 Å². The molecule has 32 heavy (non-hydrogen) atoms. The molecule has 2 heterocycles. The largest absolute Gasteiger partial charge is 0.439 e. The fourth-order valence-corrected chi connectivity index (χ4v) is 4.07. The Morgan fingerprint density at radius 2 is 1.75 bits per heavy atom. The van der Waals surface area contributed by atoms with Crippen molar-refractivity contribution in [2.75, 3.05) is 4.72 Å². The van der Waals surface area contributed by atoms with Gasteiger partial charge in [-0.15, -0.1) is 0 Å². The Kier molecular flexibility index (Phi) is 5.57. The number of sulfonamides is 1. The molecular weight excluding hydrogens is 440 g/mol. The fourth-order valence-electron chi connectivity index (χ4n) is 2.93. The topological polar surface area (TPSA) is 99.0 Å². The van der Waals surface area contributed by atoms with Gasteiger partial charge in [0.25, 0.3) is 10.0 Å². The summed E-state index contributed by atoms with van der Waals surface area (Å²) in [4.78, 5) is 12.0. The molecule has 2 aromatic heterocycles. The first kappa shape index (κ1) is 21.4. The van der Waals surface area contributed by atoms with Gasteiger partial charge in [-0.1, -0.05) is 0 Å². The number of hydrogen-bond donors (Lipinski definition) is 1. The highest BCUT2D eigenvalue weighted by Gasteiger charge is 2.20. The second-order valence-electron chi connectivity index (χ2n) is 6.76. The third-order valence-corrected chi connectivity index (χ3v) is 5.78.